The van der Waals surface area contributed by atoms with E-state index in [-0.39, 0.29) is 17.6 Å². The Morgan fingerprint density at radius 2 is 1.84 bits per heavy atom. The summed E-state index contributed by atoms with van der Waals surface area (Å²) in [6.45, 7) is 2.04. The van der Waals surface area contributed by atoms with Gasteiger partial charge in [-0.1, -0.05) is 29.8 Å². The molecule has 1 unspecified atom stereocenters. The van der Waals surface area contributed by atoms with E-state index < -0.39 is 0 Å². The molecule has 1 heterocycles. The standard InChI is InChI=1S/C16H17NO2/c1-10-5-7-11(8-6-10)12-9-15(19)17-13-3-2-4-14(18)16(12)13/h5-8,12H,2-4,9H2,1H3,(H,17,19). The molecule has 3 heteroatoms. The van der Waals surface area contributed by atoms with Crippen LogP contribution in [0.2, 0.25) is 0 Å². The first-order valence-corrected chi connectivity index (χ1v) is 6.78. The molecule has 1 atom stereocenters. The average molecular weight is 255 g/mol. The molecule has 1 aromatic carbocycles. The van der Waals surface area contributed by atoms with Crippen molar-refractivity contribution in [2.75, 3.05) is 0 Å². The first-order valence-electron chi connectivity index (χ1n) is 6.78. The molecule has 0 radical (unpaired) electrons. The highest BCUT2D eigenvalue weighted by Gasteiger charge is 2.34. The number of benzene rings is 1. The van der Waals surface area contributed by atoms with Crippen molar-refractivity contribution in [3.05, 3.63) is 46.7 Å². The number of aryl methyl sites for hydroxylation is 1. The second kappa shape index (κ2) is 4.65. The Morgan fingerprint density at radius 3 is 2.58 bits per heavy atom. The Balaban J connectivity index is 2.05. The number of Topliss-reactive ketones (excluding diaryl/α,β-unsaturated/α-hetero) is 1. The molecule has 1 aliphatic carbocycles. The SMILES string of the molecule is Cc1ccc(C2CC(=O)NC3=C2C(=O)CCC3)cc1. The van der Waals surface area contributed by atoms with Crippen LogP contribution < -0.4 is 5.32 Å². The van der Waals surface area contributed by atoms with Crippen LogP contribution in [0.15, 0.2) is 35.5 Å². The summed E-state index contributed by atoms with van der Waals surface area (Å²) in [6, 6.07) is 8.14. The van der Waals surface area contributed by atoms with E-state index in [4.69, 9.17) is 0 Å². The van der Waals surface area contributed by atoms with Crippen LogP contribution in [0.5, 0.6) is 0 Å². The van der Waals surface area contributed by atoms with Crippen LogP contribution in [0.3, 0.4) is 0 Å². The number of carbonyl (C=O) groups excluding carboxylic acids is 2. The summed E-state index contributed by atoms with van der Waals surface area (Å²) in [6.07, 6.45) is 2.65. The third-order valence-electron chi connectivity index (χ3n) is 3.96. The summed E-state index contributed by atoms with van der Waals surface area (Å²) >= 11 is 0. The summed E-state index contributed by atoms with van der Waals surface area (Å²) in [5.41, 5.74) is 3.96. The molecule has 0 spiro atoms. The topological polar surface area (TPSA) is 46.2 Å². The highest BCUT2D eigenvalue weighted by Crippen LogP contribution is 2.37. The summed E-state index contributed by atoms with van der Waals surface area (Å²) in [5.74, 6) is 0.169. The predicted molar refractivity (Wildman–Crippen MR) is 72.6 cm³/mol. The zero-order chi connectivity index (χ0) is 13.4. The number of nitrogens with one attached hydrogen (secondary N) is 1. The van der Waals surface area contributed by atoms with Gasteiger partial charge < -0.3 is 5.32 Å². The largest absolute Gasteiger partial charge is 0.329 e. The molecule has 0 fully saturated rings. The molecule has 0 saturated heterocycles. The minimum absolute atomic E-state index is 0.0269. The summed E-state index contributed by atoms with van der Waals surface area (Å²) in [7, 11) is 0. The second-order valence-corrected chi connectivity index (χ2v) is 5.38. The molecule has 1 amide bonds. The Kier molecular flexibility index (Phi) is 2.97. The van der Waals surface area contributed by atoms with E-state index in [2.05, 4.69) is 5.32 Å². The lowest BCUT2D eigenvalue weighted by Crippen LogP contribution is -2.36. The summed E-state index contributed by atoms with van der Waals surface area (Å²) < 4.78 is 0. The van der Waals surface area contributed by atoms with Crippen LogP contribution in [0, 0.1) is 6.92 Å². The molecule has 0 saturated carbocycles. The van der Waals surface area contributed by atoms with Gasteiger partial charge in [-0.15, -0.1) is 0 Å². The Bertz CT molecular complexity index is 569. The minimum Gasteiger partial charge on any atom is -0.329 e. The van der Waals surface area contributed by atoms with Crippen LogP contribution in [-0.2, 0) is 9.59 Å². The number of carbonyl (C=O) groups is 2. The number of rotatable bonds is 1. The highest BCUT2D eigenvalue weighted by molar-refractivity contribution is 6.01. The number of hydrogen-bond donors (Lipinski definition) is 1. The van der Waals surface area contributed by atoms with Crippen molar-refractivity contribution in [2.45, 2.75) is 38.5 Å². The van der Waals surface area contributed by atoms with Crippen molar-refractivity contribution >= 4 is 11.7 Å². The van der Waals surface area contributed by atoms with E-state index >= 15 is 0 Å². The molecule has 3 nitrogen and oxygen atoms in total. The molecule has 0 bridgehead atoms. The van der Waals surface area contributed by atoms with Crippen molar-refractivity contribution in [1.82, 2.24) is 5.32 Å². The van der Waals surface area contributed by atoms with Gasteiger partial charge in [-0.3, -0.25) is 9.59 Å². The number of hydrogen-bond acceptors (Lipinski definition) is 2. The smallest absolute Gasteiger partial charge is 0.225 e. The van der Waals surface area contributed by atoms with Crippen LogP contribution in [0.1, 0.15) is 42.7 Å². The molecular weight excluding hydrogens is 238 g/mol. The highest BCUT2D eigenvalue weighted by atomic mass is 16.2. The normalized spacial score (nSPS) is 23.1. The lowest BCUT2D eigenvalue weighted by molar-refractivity contribution is -0.122. The van der Waals surface area contributed by atoms with E-state index in [1.807, 2.05) is 31.2 Å². The third-order valence-corrected chi connectivity index (χ3v) is 3.96. The maximum absolute atomic E-state index is 12.2. The molecule has 1 aliphatic heterocycles. The van der Waals surface area contributed by atoms with Gasteiger partial charge in [0.1, 0.15) is 0 Å². The van der Waals surface area contributed by atoms with Gasteiger partial charge in [-0.05, 0) is 25.3 Å². The van der Waals surface area contributed by atoms with Crippen LogP contribution in [0.4, 0.5) is 0 Å². The molecule has 2 aliphatic rings. The fourth-order valence-corrected chi connectivity index (χ4v) is 2.99. The van der Waals surface area contributed by atoms with Crippen molar-refractivity contribution < 1.29 is 9.59 Å². The van der Waals surface area contributed by atoms with Gasteiger partial charge in [-0.25, -0.2) is 0 Å². The first kappa shape index (κ1) is 12.2. The molecule has 1 N–H and O–H groups in total. The number of allylic oxidation sites excluding steroid dienone is 2. The van der Waals surface area contributed by atoms with Crippen LogP contribution >= 0.6 is 0 Å². The third kappa shape index (κ3) is 2.21. The minimum atomic E-state index is -0.0582. The first-order chi connectivity index (χ1) is 9.15. The number of amides is 1. The van der Waals surface area contributed by atoms with Crippen molar-refractivity contribution in [2.24, 2.45) is 0 Å². The van der Waals surface area contributed by atoms with Gasteiger partial charge in [0.2, 0.25) is 5.91 Å². The van der Waals surface area contributed by atoms with Crippen molar-refractivity contribution in [3.63, 3.8) is 0 Å². The van der Waals surface area contributed by atoms with E-state index in [0.717, 1.165) is 29.7 Å². The summed E-state index contributed by atoms with van der Waals surface area (Å²) in [5, 5.41) is 2.88. The second-order valence-electron chi connectivity index (χ2n) is 5.38. The van der Waals surface area contributed by atoms with E-state index in [1.54, 1.807) is 0 Å². The molecule has 1 aromatic rings. The molecule has 98 valence electrons. The maximum Gasteiger partial charge on any atom is 0.225 e. The maximum atomic E-state index is 12.2. The zero-order valence-electron chi connectivity index (χ0n) is 11.0. The van der Waals surface area contributed by atoms with Crippen LogP contribution in [0.25, 0.3) is 0 Å². The number of ketones is 1. The molecule has 0 aromatic heterocycles. The van der Waals surface area contributed by atoms with E-state index in [1.165, 1.54) is 5.56 Å². The van der Waals surface area contributed by atoms with Gasteiger partial charge in [0, 0.05) is 30.0 Å². The lowest BCUT2D eigenvalue weighted by Gasteiger charge is -2.31. The zero-order valence-corrected chi connectivity index (χ0v) is 11.0. The average Bonchev–Trinajstić information content (AvgIpc) is 2.38. The Morgan fingerprint density at radius 1 is 1.11 bits per heavy atom. The monoisotopic (exact) mass is 255 g/mol. The Hall–Kier alpha value is -1.90. The van der Waals surface area contributed by atoms with Gasteiger partial charge in [0.05, 0.1) is 0 Å². The van der Waals surface area contributed by atoms with E-state index in [0.29, 0.717) is 12.8 Å². The fourth-order valence-electron chi connectivity index (χ4n) is 2.99. The fraction of sp³-hybridized carbons (Fsp3) is 0.375. The Labute approximate surface area is 112 Å². The van der Waals surface area contributed by atoms with Gasteiger partial charge >= 0.3 is 0 Å². The molecular formula is C16H17NO2. The lowest BCUT2D eigenvalue weighted by atomic mass is 9.78. The molecule has 3 rings (SSSR count). The summed E-state index contributed by atoms with van der Waals surface area (Å²) in [4.78, 5) is 24.0. The predicted octanol–water partition coefficient (Wildman–Crippen LogP) is 2.61. The van der Waals surface area contributed by atoms with Crippen molar-refractivity contribution in [3.8, 4) is 0 Å². The van der Waals surface area contributed by atoms with Gasteiger partial charge in [0.25, 0.3) is 0 Å². The van der Waals surface area contributed by atoms with Gasteiger partial charge in [0.15, 0.2) is 5.78 Å². The quantitative estimate of drug-likeness (QED) is 0.838. The van der Waals surface area contributed by atoms with Crippen molar-refractivity contribution in [1.29, 1.82) is 0 Å². The van der Waals surface area contributed by atoms with Gasteiger partial charge in [-0.2, -0.15) is 0 Å². The van der Waals surface area contributed by atoms with E-state index in [9.17, 15) is 9.59 Å². The molecule has 19 heavy (non-hydrogen) atoms. The van der Waals surface area contributed by atoms with Crippen LogP contribution in [-0.4, -0.2) is 11.7 Å².